The Morgan fingerprint density at radius 1 is 1.12 bits per heavy atom. The number of aliphatic imine (C=N–C) groups is 1. The standard InChI is InChI=1S/C18H13N3O3/c1-10(22)20-21-14-9-5-3-7-12(14)18(24)16(21)15-17(23)11-6-2-4-8-13(11)19-15/h2-9,24H,1H3,(H,20,22). The Labute approximate surface area is 137 Å². The van der Waals surface area contributed by atoms with Gasteiger partial charge in [0.2, 0.25) is 11.7 Å². The van der Waals surface area contributed by atoms with Gasteiger partial charge < -0.3 is 5.11 Å². The summed E-state index contributed by atoms with van der Waals surface area (Å²) in [5.74, 6) is -0.685. The van der Waals surface area contributed by atoms with E-state index < -0.39 is 0 Å². The molecular formula is C18H13N3O3. The van der Waals surface area contributed by atoms with Crippen molar-refractivity contribution in [1.29, 1.82) is 0 Å². The van der Waals surface area contributed by atoms with E-state index in [1.165, 1.54) is 11.6 Å². The number of fused-ring (bicyclic) bond motifs is 2. The largest absolute Gasteiger partial charge is 0.505 e. The number of Topliss-reactive ketones (excluding diaryl/α,β-unsaturated/α-hetero) is 1. The third kappa shape index (κ3) is 1.93. The Hall–Kier alpha value is -3.41. The van der Waals surface area contributed by atoms with Crippen molar-refractivity contribution >= 4 is 34.0 Å². The number of rotatable bonds is 2. The number of hydrogen-bond donors (Lipinski definition) is 2. The van der Waals surface area contributed by atoms with Crippen LogP contribution in [0.15, 0.2) is 53.5 Å². The van der Waals surface area contributed by atoms with Gasteiger partial charge in [-0.1, -0.05) is 24.3 Å². The summed E-state index contributed by atoms with van der Waals surface area (Å²) in [6, 6.07) is 14.0. The Morgan fingerprint density at radius 2 is 1.83 bits per heavy atom. The smallest absolute Gasteiger partial charge is 0.235 e. The van der Waals surface area contributed by atoms with Gasteiger partial charge in [-0.15, -0.1) is 0 Å². The van der Waals surface area contributed by atoms with Crippen LogP contribution < -0.4 is 5.43 Å². The van der Waals surface area contributed by atoms with Gasteiger partial charge in [0.05, 0.1) is 11.2 Å². The second-order valence-electron chi connectivity index (χ2n) is 5.52. The van der Waals surface area contributed by atoms with Crippen molar-refractivity contribution in [2.45, 2.75) is 6.92 Å². The molecule has 6 nitrogen and oxygen atoms in total. The van der Waals surface area contributed by atoms with E-state index in [0.717, 1.165) is 0 Å². The summed E-state index contributed by atoms with van der Waals surface area (Å²) in [6.07, 6.45) is 0. The molecule has 1 aromatic heterocycles. The van der Waals surface area contributed by atoms with Crippen molar-refractivity contribution in [3.05, 3.63) is 59.8 Å². The first-order valence-corrected chi connectivity index (χ1v) is 7.40. The molecule has 4 rings (SSSR count). The molecule has 2 heterocycles. The van der Waals surface area contributed by atoms with Crippen molar-refractivity contribution < 1.29 is 14.7 Å². The summed E-state index contributed by atoms with van der Waals surface area (Å²) < 4.78 is 1.41. The highest BCUT2D eigenvalue weighted by molar-refractivity contribution is 6.55. The predicted octanol–water partition coefficient (Wildman–Crippen LogP) is 2.75. The first-order chi connectivity index (χ1) is 11.6. The lowest BCUT2D eigenvalue weighted by Gasteiger charge is -2.10. The Bertz CT molecular complexity index is 1050. The van der Waals surface area contributed by atoms with Gasteiger partial charge in [0.15, 0.2) is 5.75 Å². The second kappa shape index (κ2) is 5.06. The second-order valence-corrected chi connectivity index (χ2v) is 5.52. The minimum absolute atomic E-state index is 0.0840. The lowest BCUT2D eigenvalue weighted by molar-refractivity contribution is -0.115. The number of nitrogens with zero attached hydrogens (tertiary/aromatic N) is 2. The molecule has 0 fully saturated rings. The van der Waals surface area contributed by atoms with E-state index in [1.807, 2.05) is 0 Å². The summed E-state index contributed by atoms with van der Waals surface area (Å²) >= 11 is 0. The minimum atomic E-state index is -0.319. The van der Waals surface area contributed by atoms with Gasteiger partial charge in [0.1, 0.15) is 11.4 Å². The van der Waals surface area contributed by atoms with Crippen molar-refractivity contribution in [3.8, 4) is 5.75 Å². The van der Waals surface area contributed by atoms with Gasteiger partial charge in [-0.05, 0) is 24.3 Å². The summed E-state index contributed by atoms with van der Waals surface area (Å²) in [5.41, 5.74) is 4.56. The van der Waals surface area contributed by atoms with Crippen LogP contribution in [0.4, 0.5) is 5.69 Å². The number of carbonyl (C=O) groups excluding carboxylic acids is 2. The molecule has 24 heavy (non-hydrogen) atoms. The molecule has 2 N–H and O–H groups in total. The summed E-state index contributed by atoms with van der Waals surface area (Å²) in [6.45, 7) is 1.36. The van der Waals surface area contributed by atoms with Crippen LogP contribution in [0.1, 0.15) is 23.0 Å². The van der Waals surface area contributed by atoms with E-state index in [2.05, 4.69) is 10.4 Å². The molecule has 0 unspecified atom stereocenters. The molecule has 2 aromatic carbocycles. The number of hydrogen-bond acceptors (Lipinski definition) is 4. The van der Waals surface area contributed by atoms with Crippen molar-refractivity contribution in [1.82, 2.24) is 4.68 Å². The average molecular weight is 319 g/mol. The number of amides is 1. The van der Waals surface area contributed by atoms with Gasteiger partial charge >= 0.3 is 0 Å². The number of nitrogens with one attached hydrogen (secondary N) is 1. The van der Waals surface area contributed by atoms with E-state index in [-0.39, 0.29) is 28.8 Å². The Balaban J connectivity index is 2.00. The van der Waals surface area contributed by atoms with Gasteiger partial charge in [0.25, 0.3) is 0 Å². The number of aromatic nitrogens is 1. The minimum Gasteiger partial charge on any atom is -0.505 e. The maximum Gasteiger partial charge on any atom is 0.235 e. The van der Waals surface area contributed by atoms with Crippen LogP contribution in [0, 0.1) is 0 Å². The molecule has 0 bridgehead atoms. The third-order valence-electron chi connectivity index (χ3n) is 3.94. The average Bonchev–Trinajstić information content (AvgIpc) is 3.04. The SMILES string of the molecule is CC(=O)Nn1c(C2=Nc3ccccc3C2=O)c(O)c2ccccc21. The molecule has 1 aliphatic rings. The van der Waals surface area contributed by atoms with Crippen LogP contribution in [0.3, 0.4) is 0 Å². The molecule has 0 saturated carbocycles. The molecule has 0 saturated heterocycles. The lowest BCUT2D eigenvalue weighted by Crippen LogP contribution is -2.25. The highest BCUT2D eigenvalue weighted by Gasteiger charge is 2.32. The molecule has 0 aliphatic carbocycles. The van der Waals surface area contributed by atoms with Crippen molar-refractivity contribution in [3.63, 3.8) is 0 Å². The summed E-state index contributed by atoms with van der Waals surface area (Å²) in [5, 5.41) is 11.2. The molecule has 0 atom stereocenters. The fourth-order valence-electron chi connectivity index (χ4n) is 2.94. The van der Waals surface area contributed by atoms with E-state index in [4.69, 9.17) is 0 Å². The molecular weight excluding hydrogens is 306 g/mol. The molecule has 0 radical (unpaired) electrons. The summed E-state index contributed by atoms with van der Waals surface area (Å²) in [4.78, 5) is 28.7. The van der Waals surface area contributed by atoms with E-state index in [9.17, 15) is 14.7 Å². The van der Waals surface area contributed by atoms with E-state index in [1.54, 1.807) is 48.5 Å². The molecule has 0 spiro atoms. The van der Waals surface area contributed by atoms with Crippen LogP contribution in [0.25, 0.3) is 10.9 Å². The third-order valence-corrected chi connectivity index (χ3v) is 3.94. The monoisotopic (exact) mass is 319 g/mol. The molecule has 118 valence electrons. The normalized spacial score (nSPS) is 13.0. The predicted molar refractivity (Wildman–Crippen MR) is 90.6 cm³/mol. The van der Waals surface area contributed by atoms with E-state index >= 15 is 0 Å². The van der Waals surface area contributed by atoms with Crippen LogP contribution in [0.5, 0.6) is 5.75 Å². The van der Waals surface area contributed by atoms with Crippen LogP contribution in [0.2, 0.25) is 0 Å². The molecule has 3 aromatic rings. The highest BCUT2D eigenvalue weighted by atomic mass is 16.3. The highest BCUT2D eigenvalue weighted by Crippen LogP contribution is 2.36. The fourth-order valence-corrected chi connectivity index (χ4v) is 2.94. The molecule has 6 heteroatoms. The lowest BCUT2D eigenvalue weighted by atomic mass is 10.1. The van der Waals surface area contributed by atoms with Crippen molar-refractivity contribution in [2.75, 3.05) is 5.43 Å². The Kier molecular flexibility index (Phi) is 2.99. The number of para-hydroxylation sites is 2. The quantitative estimate of drug-likeness (QED) is 0.762. The Morgan fingerprint density at radius 3 is 2.58 bits per heavy atom. The van der Waals surface area contributed by atoms with Gasteiger partial charge in [0, 0.05) is 17.9 Å². The topological polar surface area (TPSA) is 83.7 Å². The first kappa shape index (κ1) is 14.2. The first-order valence-electron chi connectivity index (χ1n) is 7.40. The van der Waals surface area contributed by atoms with Gasteiger partial charge in [-0.25, -0.2) is 9.67 Å². The molecule has 1 amide bonds. The van der Waals surface area contributed by atoms with Crippen molar-refractivity contribution in [2.24, 2.45) is 4.99 Å². The van der Waals surface area contributed by atoms with Crippen LogP contribution >= 0.6 is 0 Å². The maximum atomic E-state index is 12.7. The zero-order valence-electron chi connectivity index (χ0n) is 12.8. The van der Waals surface area contributed by atoms with Crippen LogP contribution in [-0.4, -0.2) is 27.2 Å². The van der Waals surface area contributed by atoms with Gasteiger partial charge in [-0.2, -0.15) is 0 Å². The summed E-state index contributed by atoms with van der Waals surface area (Å²) in [7, 11) is 0. The maximum absolute atomic E-state index is 12.7. The number of ketones is 1. The number of benzene rings is 2. The zero-order valence-corrected chi connectivity index (χ0v) is 12.8. The van der Waals surface area contributed by atoms with Crippen LogP contribution in [-0.2, 0) is 4.79 Å². The molecule has 1 aliphatic heterocycles. The number of aromatic hydroxyl groups is 1. The number of carbonyl (C=O) groups is 2. The fraction of sp³-hybridized carbons (Fsp3) is 0.0556. The zero-order chi connectivity index (χ0) is 16.8. The van der Waals surface area contributed by atoms with E-state index in [0.29, 0.717) is 22.2 Å². The van der Waals surface area contributed by atoms with Gasteiger partial charge in [-0.3, -0.25) is 15.0 Å².